The van der Waals surface area contributed by atoms with Gasteiger partial charge in [-0.2, -0.15) is 0 Å². The second kappa shape index (κ2) is 6.29. The first-order chi connectivity index (χ1) is 9.96. The lowest BCUT2D eigenvalue weighted by molar-refractivity contribution is -0.274. The molecule has 0 saturated carbocycles. The van der Waals surface area contributed by atoms with Crippen molar-refractivity contribution in [2.45, 2.75) is 13.3 Å². The van der Waals surface area contributed by atoms with Gasteiger partial charge in [-0.1, -0.05) is 6.07 Å². The van der Waals surface area contributed by atoms with E-state index >= 15 is 0 Å². The molecule has 2 N–H and O–H groups in total. The zero-order chi connectivity index (χ0) is 15.3. The Morgan fingerprint density at radius 1 is 1.14 bits per heavy atom. The first-order valence-electron chi connectivity index (χ1n) is 6.15. The normalized spacial score (nSPS) is 11.0. The number of nitrogens with zero attached hydrogens (tertiary/aromatic N) is 2. The molecule has 0 aliphatic heterocycles. The second-order valence-corrected chi connectivity index (χ2v) is 4.02. The van der Waals surface area contributed by atoms with E-state index in [0.717, 1.165) is 0 Å². The summed E-state index contributed by atoms with van der Waals surface area (Å²) in [5, 5.41) is 5.90. The van der Waals surface area contributed by atoms with Crippen LogP contribution in [0.1, 0.15) is 6.92 Å². The van der Waals surface area contributed by atoms with Gasteiger partial charge >= 0.3 is 6.36 Å². The van der Waals surface area contributed by atoms with E-state index in [1.165, 1.54) is 24.5 Å². The van der Waals surface area contributed by atoms with Crippen molar-refractivity contribution in [2.24, 2.45) is 0 Å². The Kier molecular flexibility index (Phi) is 4.46. The van der Waals surface area contributed by atoms with Gasteiger partial charge in [0, 0.05) is 24.4 Å². The summed E-state index contributed by atoms with van der Waals surface area (Å²) in [5.41, 5.74) is 0.429. The highest BCUT2D eigenvalue weighted by Crippen LogP contribution is 2.26. The van der Waals surface area contributed by atoms with Gasteiger partial charge in [-0.25, -0.2) is 9.97 Å². The summed E-state index contributed by atoms with van der Waals surface area (Å²) in [4.78, 5) is 8.00. The molecule has 0 amide bonds. The van der Waals surface area contributed by atoms with Crippen molar-refractivity contribution in [1.82, 2.24) is 9.97 Å². The Balaban J connectivity index is 2.12. The molecule has 1 aromatic carbocycles. The molecule has 0 aliphatic rings. The van der Waals surface area contributed by atoms with E-state index in [1.54, 1.807) is 12.1 Å². The third-order valence-corrected chi connectivity index (χ3v) is 2.36. The molecule has 8 heteroatoms. The molecule has 0 fully saturated rings. The minimum atomic E-state index is -4.72. The van der Waals surface area contributed by atoms with Gasteiger partial charge in [0.25, 0.3) is 0 Å². The predicted molar refractivity (Wildman–Crippen MR) is 72.6 cm³/mol. The summed E-state index contributed by atoms with van der Waals surface area (Å²) in [5.74, 6) is 0.788. The lowest BCUT2D eigenvalue weighted by Gasteiger charge is -2.11. The Morgan fingerprint density at radius 2 is 1.90 bits per heavy atom. The van der Waals surface area contributed by atoms with Gasteiger partial charge in [0.05, 0.1) is 0 Å². The molecule has 5 nitrogen and oxygen atoms in total. The molecule has 0 saturated heterocycles. The average Bonchev–Trinajstić information content (AvgIpc) is 2.38. The zero-order valence-electron chi connectivity index (χ0n) is 11.1. The maximum absolute atomic E-state index is 12.2. The summed E-state index contributed by atoms with van der Waals surface area (Å²) < 4.78 is 40.4. The highest BCUT2D eigenvalue weighted by Gasteiger charge is 2.31. The Hall–Kier alpha value is -2.51. The van der Waals surface area contributed by atoms with Crippen molar-refractivity contribution in [1.29, 1.82) is 0 Å². The lowest BCUT2D eigenvalue weighted by atomic mass is 10.3. The van der Waals surface area contributed by atoms with Crippen LogP contribution in [-0.2, 0) is 0 Å². The predicted octanol–water partition coefficient (Wildman–Crippen LogP) is 3.55. The molecule has 1 heterocycles. The number of ether oxygens (including phenoxy) is 1. The molecule has 0 unspecified atom stereocenters. The van der Waals surface area contributed by atoms with Crippen molar-refractivity contribution in [3.8, 4) is 5.75 Å². The van der Waals surface area contributed by atoms with Gasteiger partial charge in [0.2, 0.25) is 0 Å². The molecule has 0 bridgehead atoms. The summed E-state index contributed by atoms with van der Waals surface area (Å²) in [6.07, 6.45) is -3.36. The van der Waals surface area contributed by atoms with Gasteiger partial charge < -0.3 is 15.4 Å². The third kappa shape index (κ3) is 4.83. The fourth-order valence-electron chi connectivity index (χ4n) is 1.62. The van der Waals surface area contributed by atoms with Gasteiger partial charge in [0.1, 0.15) is 23.7 Å². The van der Waals surface area contributed by atoms with Crippen LogP contribution < -0.4 is 15.4 Å². The Morgan fingerprint density at radius 3 is 2.62 bits per heavy atom. The van der Waals surface area contributed by atoms with Crippen molar-refractivity contribution < 1.29 is 17.9 Å². The van der Waals surface area contributed by atoms with Crippen LogP contribution in [-0.4, -0.2) is 22.9 Å². The summed E-state index contributed by atoms with van der Waals surface area (Å²) >= 11 is 0. The third-order valence-electron chi connectivity index (χ3n) is 2.36. The van der Waals surface area contributed by atoms with E-state index in [2.05, 4.69) is 25.3 Å². The van der Waals surface area contributed by atoms with E-state index in [0.29, 0.717) is 23.9 Å². The molecule has 0 spiro atoms. The number of halogens is 3. The number of aromatic nitrogens is 2. The topological polar surface area (TPSA) is 59.1 Å². The number of anilines is 3. The quantitative estimate of drug-likeness (QED) is 0.884. The fourth-order valence-corrected chi connectivity index (χ4v) is 1.62. The van der Waals surface area contributed by atoms with Gasteiger partial charge in [-0.05, 0) is 19.1 Å². The Bertz CT molecular complexity index is 604. The highest BCUT2D eigenvalue weighted by atomic mass is 19.4. The van der Waals surface area contributed by atoms with Crippen LogP contribution in [0, 0.1) is 0 Å². The number of nitrogens with one attached hydrogen (secondary N) is 2. The second-order valence-electron chi connectivity index (χ2n) is 4.02. The summed E-state index contributed by atoms with van der Waals surface area (Å²) in [7, 11) is 0. The van der Waals surface area contributed by atoms with Crippen LogP contribution in [0.25, 0.3) is 0 Å². The highest BCUT2D eigenvalue weighted by molar-refractivity contribution is 5.60. The van der Waals surface area contributed by atoms with Crippen molar-refractivity contribution in [3.05, 3.63) is 36.7 Å². The minimum Gasteiger partial charge on any atom is -0.406 e. The molecule has 0 atom stereocenters. The van der Waals surface area contributed by atoms with Crippen LogP contribution in [0.5, 0.6) is 5.75 Å². The van der Waals surface area contributed by atoms with Crippen molar-refractivity contribution in [2.75, 3.05) is 17.2 Å². The lowest BCUT2D eigenvalue weighted by Crippen LogP contribution is -2.17. The molecule has 2 aromatic rings. The van der Waals surface area contributed by atoms with E-state index in [-0.39, 0.29) is 5.75 Å². The molecule has 2 rings (SSSR count). The monoisotopic (exact) mass is 298 g/mol. The number of hydrogen-bond acceptors (Lipinski definition) is 5. The van der Waals surface area contributed by atoms with Crippen LogP contribution >= 0.6 is 0 Å². The number of hydrogen-bond donors (Lipinski definition) is 2. The zero-order valence-corrected chi connectivity index (χ0v) is 11.1. The van der Waals surface area contributed by atoms with Gasteiger partial charge in [-0.3, -0.25) is 0 Å². The maximum atomic E-state index is 12.2. The molecule has 21 heavy (non-hydrogen) atoms. The SMILES string of the molecule is CCNc1cc(Nc2cccc(OC(F)(F)F)c2)ncn1. The van der Waals surface area contributed by atoms with Gasteiger partial charge in [0.15, 0.2) is 0 Å². The van der Waals surface area contributed by atoms with Crippen LogP contribution in [0.3, 0.4) is 0 Å². The Labute approximate surface area is 119 Å². The molecule has 0 radical (unpaired) electrons. The fraction of sp³-hybridized carbons (Fsp3) is 0.231. The van der Waals surface area contributed by atoms with E-state index in [1.807, 2.05) is 6.92 Å². The number of alkyl halides is 3. The first-order valence-corrected chi connectivity index (χ1v) is 6.15. The maximum Gasteiger partial charge on any atom is 0.573 e. The van der Waals surface area contributed by atoms with E-state index in [9.17, 15) is 13.2 Å². The summed E-state index contributed by atoms with van der Waals surface area (Å²) in [6, 6.07) is 7.18. The molecular weight excluding hydrogens is 285 g/mol. The smallest absolute Gasteiger partial charge is 0.406 e. The van der Waals surface area contributed by atoms with Crippen LogP contribution in [0.15, 0.2) is 36.7 Å². The first kappa shape index (κ1) is 14.9. The molecular formula is C13H13F3N4O. The largest absolute Gasteiger partial charge is 0.573 e. The average molecular weight is 298 g/mol. The van der Waals surface area contributed by atoms with Gasteiger partial charge in [-0.15, -0.1) is 13.2 Å². The van der Waals surface area contributed by atoms with E-state index < -0.39 is 6.36 Å². The van der Waals surface area contributed by atoms with Crippen LogP contribution in [0.4, 0.5) is 30.5 Å². The molecule has 112 valence electrons. The van der Waals surface area contributed by atoms with Crippen molar-refractivity contribution >= 4 is 17.3 Å². The van der Waals surface area contributed by atoms with Crippen LogP contribution in [0.2, 0.25) is 0 Å². The molecule has 1 aromatic heterocycles. The molecule has 0 aliphatic carbocycles. The standard InChI is InChI=1S/C13H13F3N4O/c1-2-17-11-7-12(19-8-18-11)20-9-4-3-5-10(6-9)21-13(14,15)16/h3-8H,2H2,1H3,(H2,17,18,19,20). The number of rotatable bonds is 5. The summed E-state index contributed by atoms with van der Waals surface area (Å²) in [6.45, 7) is 2.62. The minimum absolute atomic E-state index is 0.298. The van der Waals surface area contributed by atoms with E-state index in [4.69, 9.17) is 0 Å². The van der Waals surface area contributed by atoms with Crippen molar-refractivity contribution in [3.63, 3.8) is 0 Å². The number of benzene rings is 1.